The second kappa shape index (κ2) is 6.99. The highest BCUT2D eigenvalue weighted by molar-refractivity contribution is 9.10. The van der Waals surface area contributed by atoms with Crippen LogP contribution in [0.4, 0.5) is 0 Å². The predicted molar refractivity (Wildman–Crippen MR) is 95.1 cm³/mol. The molecule has 2 unspecified atom stereocenters. The van der Waals surface area contributed by atoms with Crippen LogP contribution in [0, 0.1) is 0 Å². The van der Waals surface area contributed by atoms with Crippen LogP contribution >= 0.6 is 27.7 Å². The zero-order valence-electron chi connectivity index (χ0n) is 12.2. The van der Waals surface area contributed by atoms with E-state index in [-0.39, 0.29) is 0 Å². The zero-order valence-corrected chi connectivity index (χ0v) is 14.6. The molecule has 1 nitrogen and oxygen atoms in total. The van der Waals surface area contributed by atoms with E-state index in [0.29, 0.717) is 11.3 Å². The van der Waals surface area contributed by atoms with Gasteiger partial charge in [-0.05, 0) is 48.7 Å². The highest BCUT2D eigenvalue weighted by Crippen LogP contribution is 2.39. The second-order valence-electron chi connectivity index (χ2n) is 5.47. The number of likely N-dealkylation sites (N-methyl/N-ethyl adjacent to an activating group) is 1. The molecule has 0 fully saturated rings. The van der Waals surface area contributed by atoms with Gasteiger partial charge in [0.05, 0.1) is 0 Å². The number of benzene rings is 2. The van der Waals surface area contributed by atoms with Gasteiger partial charge >= 0.3 is 0 Å². The first kappa shape index (κ1) is 15.1. The fourth-order valence-electron chi connectivity index (χ4n) is 2.95. The first-order chi connectivity index (χ1) is 10.3. The summed E-state index contributed by atoms with van der Waals surface area (Å²) >= 11 is 5.61. The molecule has 0 spiro atoms. The van der Waals surface area contributed by atoms with Gasteiger partial charge in [0.15, 0.2) is 0 Å². The standard InChI is InChI=1S/C18H20BrNS/c1-2-20-16(11-13-6-5-8-15(19)10-13)18-12-14-7-3-4-9-17(14)21-18/h3-10,16,18,20H,2,11-12H2,1H3. The zero-order chi connectivity index (χ0) is 14.7. The minimum Gasteiger partial charge on any atom is -0.313 e. The van der Waals surface area contributed by atoms with Gasteiger partial charge in [-0.3, -0.25) is 0 Å². The van der Waals surface area contributed by atoms with Crippen molar-refractivity contribution < 1.29 is 0 Å². The van der Waals surface area contributed by atoms with Crippen LogP contribution in [0.15, 0.2) is 57.9 Å². The van der Waals surface area contributed by atoms with E-state index in [1.54, 1.807) is 0 Å². The van der Waals surface area contributed by atoms with Gasteiger partial charge in [0.25, 0.3) is 0 Å². The summed E-state index contributed by atoms with van der Waals surface area (Å²) in [4.78, 5) is 1.46. The third kappa shape index (κ3) is 3.71. The lowest BCUT2D eigenvalue weighted by atomic mass is 9.99. The third-order valence-electron chi connectivity index (χ3n) is 3.93. The van der Waals surface area contributed by atoms with E-state index in [0.717, 1.165) is 17.4 Å². The number of nitrogens with one attached hydrogen (secondary N) is 1. The SMILES string of the molecule is CCNC(Cc1cccc(Br)c1)C1Cc2ccccc2S1. The molecule has 0 radical (unpaired) electrons. The van der Waals surface area contributed by atoms with Crippen molar-refractivity contribution in [3.05, 3.63) is 64.1 Å². The number of rotatable bonds is 5. The molecule has 0 bridgehead atoms. The van der Waals surface area contributed by atoms with Gasteiger partial charge < -0.3 is 5.32 Å². The van der Waals surface area contributed by atoms with Crippen LogP contribution in [0.2, 0.25) is 0 Å². The van der Waals surface area contributed by atoms with Gasteiger partial charge in [-0.1, -0.05) is 53.2 Å². The van der Waals surface area contributed by atoms with Crippen molar-refractivity contribution >= 4 is 27.7 Å². The Labute approximate surface area is 139 Å². The topological polar surface area (TPSA) is 12.0 Å². The molecule has 2 atom stereocenters. The number of fused-ring (bicyclic) bond motifs is 1. The number of hydrogen-bond donors (Lipinski definition) is 1. The van der Waals surface area contributed by atoms with Crippen LogP contribution in [0.3, 0.4) is 0 Å². The molecular weight excluding hydrogens is 342 g/mol. The number of thioether (sulfide) groups is 1. The first-order valence-electron chi connectivity index (χ1n) is 7.48. The Kier molecular flexibility index (Phi) is 5.04. The highest BCUT2D eigenvalue weighted by Gasteiger charge is 2.28. The molecule has 0 aliphatic carbocycles. The Morgan fingerprint density at radius 2 is 2.10 bits per heavy atom. The summed E-state index contributed by atoms with van der Waals surface area (Å²) in [7, 11) is 0. The van der Waals surface area contributed by atoms with Crippen LogP contribution < -0.4 is 5.32 Å². The van der Waals surface area contributed by atoms with Crippen LogP contribution in [-0.2, 0) is 12.8 Å². The van der Waals surface area contributed by atoms with Crippen molar-refractivity contribution in [3.8, 4) is 0 Å². The molecule has 0 amide bonds. The van der Waals surface area contributed by atoms with Gasteiger partial charge in [-0.25, -0.2) is 0 Å². The van der Waals surface area contributed by atoms with Crippen molar-refractivity contribution in [2.24, 2.45) is 0 Å². The van der Waals surface area contributed by atoms with Crippen molar-refractivity contribution in [2.45, 2.75) is 36.0 Å². The fourth-order valence-corrected chi connectivity index (χ4v) is 4.80. The number of hydrogen-bond acceptors (Lipinski definition) is 2. The summed E-state index contributed by atoms with van der Waals surface area (Å²) in [6.07, 6.45) is 2.26. The molecule has 0 aromatic heterocycles. The molecule has 1 heterocycles. The van der Waals surface area contributed by atoms with Crippen molar-refractivity contribution in [3.63, 3.8) is 0 Å². The Bertz CT molecular complexity index is 589. The molecule has 2 aromatic rings. The maximum Gasteiger partial charge on any atom is 0.0292 e. The lowest BCUT2D eigenvalue weighted by molar-refractivity contribution is 0.506. The van der Waals surface area contributed by atoms with Gasteiger partial charge in [-0.2, -0.15) is 0 Å². The van der Waals surface area contributed by atoms with Gasteiger partial charge in [-0.15, -0.1) is 11.8 Å². The summed E-state index contributed by atoms with van der Waals surface area (Å²) < 4.78 is 1.16. The quantitative estimate of drug-likeness (QED) is 0.828. The molecule has 0 saturated heterocycles. The normalized spacial score (nSPS) is 18.5. The summed E-state index contributed by atoms with van der Waals surface area (Å²) in [6, 6.07) is 18.0. The average Bonchev–Trinajstić information content (AvgIpc) is 2.91. The molecule has 2 aromatic carbocycles. The molecule has 21 heavy (non-hydrogen) atoms. The van der Waals surface area contributed by atoms with E-state index in [1.807, 2.05) is 11.8 Å². The highest BCUT2D eigenvalue weighted by atomic mass is 79.9. The van der Waals surface area contributed by atoms with Crippen LogP contribution in [0.5, 0.6) is 0 Å². The molecule has 110 valence electrons. The lowest BCUT2D eigenvalue weighted by Crippen LogP contribution is -2.39. The minimum absolute atomic E-state index is 0.515. The maximum absolute atomic E-state index is 3.69. The van der Waals surface area contributed by atoms with Crippen molar-refractivity contribution in [1.82, 2.24) is 5.32 Å². The van der Waals surface area contributed by atoms with Gasteiger partial charge in [0.1, 0.15) is 0 Å². The average molecular weight is 362 g/mol. The smallest absolute Gasteiger partial charge is 0.0292 e. The summed E-state index contributed by atoms with van der Waals surface area (Å²) in [5.41, 5.74) is 2.90. The first-order valence-corrected chi connectivity index (χ1v) is 9.16. The van der Waals surface area contributed by atoms with E-state index >= 15 is 0 Å². The van der Waals surface area contributed by atoms with E-state index in [1.165, 1.54) is 22.4 Å². The third-order valence-corrected chi connectivity index (χ3v) is 5.88. The van der Waals surface area contributed by atoms with Crippen molar-refractivity contribution in [1.29, 1.82) is 0 Å². The minimum atomic E-state index is 0.515. The maximum atomic E-state index is 3.69. The molecule has 3 heteroatoms. The van der Waals surface area contributed by atoms with E-state index in [2.05, 4.69) is 76.7 Å². The fraction of sp³-hybridized carbons (Fsp3) is 0.333. The Hall–Kier alpha value is -0.770. The molecular formula is C18H20BrNS. The summed E-state index contributed by atoms with van der Waals surface area (Å²) in [6.45, 7) is 3.22. The lowest BCUT2D eigenvalue weighted by Gasteiger charge is -2.24. The molecule has 1 aliphatic heterocycles. The van der Waals surface area contributed by atoms with Crippen LogP contribution in [0.25, 0.3) is 0 Å². The predicted octanol–water partition coefficient (Wildman–Crippen LogP) is 4.69. The van der Waals surface area contributed by atoms with E-state index in [4.69, 9.17) is 0 Å². The van der Waals surface area contributed by atoms with Crippen molar-refractivity contribution in [2.75, 3.05) is 6.54 Å². The molecule has 1 N–H and O–H groups in total. The molecule has 0 saturated carbocycles. The van der Waals surface area contributed by atoms with Gasteiger partial charge in [0, 0.05) is 20.7 Å². The van der Waals surface area contributed by atoms with Crippen LogP contribution in [-0.4, -0.2) is 17.8 Å². The number of halogens is 1. The van der Waals surface area contributed by atoms with Gasteiger partial charge in [0.2, 0.25) is 0 Å². The Morgan fingerprint density at radius 3 is 2.86 bits per heavy atom. The second-order valence-corrected chi connectivity index (χ2v) is 7.66. The molecule has 1 aliphatic rings. The monoisotopic (exact) mass is 361 g/mol. The summed E-state index contributed by atoms with van der Waals surface area (Å²) in [5.74, 6) is 0. The Morgan fingerprint density at radius 1 is 1.24 bits per heavy atom. The van der Waals surface area contributed by atoms with Crippen LogP contribution in [0.1, 0.15) is 18.1 Å². The van der Waals surface area contributed by atoms with E-state index in [9.17, 15) is 0 Å². The summed E-state index contributed by atoms with van der Waals surface area (Å²) in [5, 5.41) is 4.32. The van der Waals surface area contributed by atoms with E-state index < -0.39 is 0 Å². The Balaban J connectivity index is 1.74. The largest absolute Gasteiger partial charge is 0.313 e. The molecule has 3 rings (SSSR count).